The van der Waals surface area contributed by atoms with Crippen LogP contribution in [-0.4, -0.2) is 58.6 Å². The normalized spacial score (nSPS) is 13.0. The number of fused-ring (bicyclic) bond motifs is 32. The highest BCUT2D eigenvalue weighted by Crippen LogP contribution is 2.59. The summed E-state index contributed by atoms with van der Waals surface area (Å²) in [5.74, 6) is 3.00. The smallest absolute Gasteiger partial charge is 0.235 e. The van der Waals surface area contributed by atoms with E-state index in [9.17, 15) is 0 Å². The van der Waals surface area contributed by atoms with Crippen molar-refractivity contribution >= 4 is 151 Å². The number of pyridine rings is 3. The molecule has 0 fully saturated rings. The first-order valence-corrected chi connectivity index (χ1v) is 45.6. The molecule has 0 spiro atoms. The number of rotatable bonds is 8. The molecule has 0 saturated carbocycles. The van der Waals surface area contributed by atoms with Crippen molar-refractivity contribution in [3.8, 4) is 96.3 Å². The molecule has 132 heavy (non-hydrogen) atoms. The summed E-state index contributed by atoms with van der Waals surface area (Å²) in [4.78, 5) is 44.9. The van der Waals surface area contributed by atoms with Crippen molar-refractivity contribution in [3.63, 3.8) is 0 Å². The van der Waals surface area contributed by atoms with E-state index in [4.69, 9.17) is 29.9 Å². The van der Waals surface area contributed by atoms with E-state index < -0.39 is 0 Å². The maximum absolute atomic E-state index is 5.35. The number of nitrogens with zero attached hydrogens (tertiary/aromatic N) is 12. The minimum atomic E-state index is -0.192. The van der Waals surface area contributed by atoms with E-state index in [0.29, 0.717) is 11.8 Å². The molecule has 0 aliphatic heterocycles. The molecule has 16 aromatic carbocycles. The van der Waals surface area contributed by atoms with Gasteiger partial charge < -0.3 is 4.57 Å². The molecule has 0 unspecified atom stereocenters. The lowest BCUT2D eigenvalue weighted by molar-refractivity contribution is 0.666. The summed E-state index contributed by atoms with van der Waals surface area (Å²) >= 11 is 1.84. The lowest BCUT2D eigenvalue weighted by Gasteiger charge is -2.23. The highest BCUT2D eigenvalue weighted by molar-refractivity contribution is 7.27. The molecule has 28 rings (SSSR count). The van der Waals surface area contributed by atoms with Crippen LogP contribution in [0.3, 0.4) is 0 Å². The van der Waals surface area contributed by atoms with Gasteiger partial charge in [-0.1, -0.05) is 313 Å². The number of para-hydroxylation sites is 5. The molecule has 0 atom stereocenters. The number of benzene rings is 16. The predicted octanol–water partition coefficient (Wildman–Crippen LogP) is 30.0. The highest BCUT2D eigenvalue weighted by Gasteiger charge is 2.42. The molecule has 620 valence electrons. The van der Waals surface area contributed by atoms with Crippen LogP contribution in [0, 0.1) is 0 Å². The molecular formula is C119H78N12S. The standard InChI is InChI=1S/C46H32N4.C38H26N4.C35H20N4S/c1-46(2)37-22-11-9-20-34(37)42-43(46)36-28-47-25-24-33(36)41-35-21-10-12-23-40(35)50(44(41)42)32-19-13-18-31(26-32)39-27-38(29-14-5-3-6-15-29)48-45(49-39)30-16-7-4-8-17-30;1-38(2)29-17-9-6-14-25(29)33-34(38)28-22-39-21-20-24(28)32-27-16-8-11-19-31(27)42(36(32)33)37-40-30-18-10-7-15-26(30)35(41-37)23-12-4-3-5-13-23;1-2-10-21(11-3-1)34-37-27-15-7-4-12-23(27)35(38-34)39-28-16-8-5-13-24(28)30-22-18-19-36-20-26(22)33-31(32(30)39)25-14-6-9-17-29(25)40-33/h3-28H,1-2H3;3-22H,1-2H3;1-20H. The molecular weight excluding hydrogens is 1630 g/mol. The highest BCUT2D eigenvalue weighted by atomic mass is 32.1. The number of hydrogen-bond donors (Lipinski definition) is 0. The Bertz CT molecular complexity index is 9240. The second kappa shape index (κ2) is 29.9. The zero-order valence-corrected chi connectivity index (χ0v) is 73.2. The van der Waals surface area contributed by atoms with E-state index >= 15 is 0 Å². The lowest BCUT2D eigenvalue weighted by atomic mass is 9.80. The Morgan fingerprint density at radius 3 is 1.28 bits per heavy atom. The van der Waals surface area contributed by atoms with Crippen molar-refractivity contribution in [2.24, 2.45) is 0 Å². The van der Waals surface area contributed by atoms with Crippen LogP contribution in [0.4, 0.5) is 0 Å². The molecule has 0 bridgehead atoms. The van der Waals surface area contributed by atoms with Crippen molar-refractivity contribution in [2.45, 2.75) is 38.5 Å². The Balaban J connectivity index is 0.000000104. The maximum Gasteiger partial charge on any atom is 0.235 e. The second-order valence-corrected chi connectivity index (χ2v) is 36.4. The molecule has 10 heterocycles. The summed E-state index contributed by atoms with van der Waals surface area (Å²) in [5.41, 5.74) is 27.8. The van der Waals surface area contributed by atoms with Crippen molar-refractivity contribution in [3.05, 3.63) is 423 Å². The van der Waals surface area contributed by atoms with Gasteiger partial charge in [-0.15, -0.1) is 11.3 Å². The Morgan fingerprint density at radius 1 is 0.273 bits per heavy atom. The average Bonchev–Trinajstić information content (AvgIpc) is 1.53. The minimum absolute atomic E-state index is 0.187. The molecule has 10 aromatic heterocycles. The van der Waals surface area contributed by atoms with Gasteiger partial charge >= 0.3 is 0 Å². The summed E-state index contributed by atoms with van der Waals surface area (Å²) in [6.45, 7) is 9.38. The van der Waals surface area contributed by atoms with Crippen molar-refractivity contribution in [1.82, 2.24) is 58.6 Å². The zero-order valence-electron chi connectivity index (χ0n) is 72.4. The topological polar surface area (TPSA) is 131 Å². The van der Waals surface area contributed by atoms with E-state index in [1.54, 1.807) is 0 Å². The van der Waals surface area contributed by atoms with Gasteiger partial charge in [-0.2, -0.15) is 0 Å². The molecule has 2 aliphatic rings. The van der Waals surface area contributed by atoms with Gasteiger partial charge in [0.15, 0.2) is 11.6 Å². The third kappa shape index (κ3) is 11.6. The van der Waals surface area contributed by atoms with E-state index in [0.717, 1.165) is 101 Å². The fourth-order valence-electron chi connectivity index (χ4n) is 21.7. The lowest BCUT2D eigenvalue weighted by Crippen LogP contribution is -2.15. The summed E-state index contributed by atoms with van der Waals surface area (Å²) < 4.78 is 9.68. The van der Waals surface area contributed by atoms with Crippen molar-refractivity contribution < 1.29 is 0 Å². The largest absolute Gasteiger partial charge is 0.309 e. The third-order valence-corrected chi connectivity index (χ3v) is 28.6. The Labute approximate surface area is 762 Å². The van der Waals surface area contributed by atoms with E-state index in [1.165, 1.54) is 146 Å². The Hall–Kier alpha value is -16.9. The summed E-state index contributed by atoms with van der Waals surface area (Å²) in [6.07, 6.45) is 11.9. The molecule has 0 radical (unpaired) electrons. The summed E-state index contributed by atoms with van der Waals surface area (Å²) in [7, 11) is 0. The Morgan fingerprint density at radius 2 is 0.697 bits per heavy atom. The summed E-state index contributed by atoms with van der Waals surface area (Å²) in [6, 6.07) is 128. The van der Waals surface area contributed by atoms with Crippen LogP contribution < -0.4 is 0 Å². The minimum Gasteiger partial charge on any atom is -0.309 e. The van der Waals surface area contributed by atoms with Gasteiger partial charge in [0.05, 0.1) is 61.2 Å². The van der Waals surface area contributed by atoms with Gasteiger partial charge in [0.25, 0.3) is 0 Å². The first-order valence-electron chi connectivity index (χ1n) is 44.8. The number of aromatic nitrogens is 12. The molecule has 0 N–H and O–H groups in total. The first-order chi connectivity index (χ1) is 65.1. The second-order valence-electron chi connectivity index (χ2n) is 35.4. The monoisotopic (exact) mass is 1710 g/mol. The van der Waals surface area contributed by atoms with Gasteiger partial charge in [0.2, 0.25) is 5.95 Å². The van der Waals surface area contributed by atoms with Crippen LogP contribution in [0.15, 0.2) is 401 Å². The third-order valence-electron chi connectivity index (χ3n) is 27.4. The predicted molar refractivity (Wildman–Crippen MR) is 545 cm³/mol. The Kier molecular flexibility index (Phi) is 17.3. The average molecular weight is 1710 g/mol. The van der Waals surface area contributed by atoms with Crippen LogP contribution >= 0.6 is 11.3 Å². The first kappa shape index (κ1) is 76.4. The van der Waals surface area contributed by atoms with Crippen molar-refractivity contribution in [1.29, 1.82) is 0 Å². The number of hydrogen-bond acceptors (Lipinski definition) is 10. The summed E-state index contributed by atoms with van der Waals surface area (Å²) in [5, 5.41) is 19.1. The van der Waals surface area contributed by atoms with Gasteiger partial charge in [-0.05, 0) is 128 Å². The molecule has 0 saturated heterocycles. The molecule has 26 aromatic rings. The number of thiophene rings is 1. The van der Waals surface area contributed by atoms with Crippen LogP contribution in [0.25, 0.3) is 236 Å². The molecule has 13 heteroatoms. The quantitative estimate of drug-likeness (QED) is 0.146. The van der Waals surface area contributed by atoms with E-state index in [2.05, 4.69) is 372 Å². The fraction of sp³-hybridized carbons (Fsp3) is 0.0504. The maximum atomic E-state index is 5.35. The van der Waals surface area contributed by atoms with Gasteiger partial charge in [0, 0.05) is 172 Å². The van der Waals surface area contributed by atoms with Gasteiger partial charge in [0.1, 0.15) is 5.82 Å². The van der Waals surface area contributed by atoms with Gasteiger partial charge in [-0.25, -0.2) is 29.9 Å². The van der Waals surface area contributed by atoms with Crippen LogP contribution in [0.1, 0.15) is 49.9 Å². The molecule has 0 amide bonds. The van der Waals surface area contributed by atoms with Crippen LogP contribution in [-0.2, 0) is 10.8 Å². The molecule has 2 aliphatic carbocycles. The molecule has 12 nitrogen and oxygen atoms in total. The SMILES string of the molecule is CC1(C)c2ccccc2-c2c1c1cnccc1c1c3ccccc3n(-c3cccc(-c4cc(-c5ccccc5)nc(-c5ccccc5)n4)c3)c21.CC1(C)c2ccccc2-c2c1c1cnccc1c1c3ccccc3n(-c3nc(-c4ccccc4)c4ccccc4n3)c21.c1ccc(-c2nc(-n3c4ccccc4c4c5ccncc5c5sc6ccccc6c5c43)c3ccccc3n2)cc1. The zero-order chi connectivity index (χ0) is 87.6. The fourth-order valence-corrected chi connectivity index (χ4v) is 22.9. The van der Waals surface area contributed by atoms with Crippen LogP contribution in [0.2, 0.25) is 0 Å². The van der Waals surface area contributed by atoms with E-state index in [-0.39, 0.29) is 10.8 Å². The van der Waals surface area contributed by atoms with E-state index in [1.807, 2.05) is 96.9 Å². The van der Waals surface area contributed by atoms with Crippen LogP contribution in [0.5, 0.6) is 0 Å². The van der Waals surface area contributed by atoms with Crippen molar-refractivity contribution in [2.75, 3.05) is 0 Å². The van der Waals surface area contributed by atoms with Gasteiger partial charge in [-0.3, -0.25) is 24.1 Å².